The number of fused-ring (bicyclic) bond motifs is 1. The van der Waals surface area contributed by atoms with Crippen molar-refractivity contribution in [1.82, 2.24) is 24.1 Å². The minimum absolute atomic E-state index is 0.119. The van der Waals surface area contributed by atoms with Crippen LogP contribution in [0.5, 0.6) is 0 Å². The number of hydrogen-bond donors (Lipinski definition) is 1. The van der Waals surface area contributed by atoms with Gasteiger partial charge in [-0.15, -0.1) is 0 Å². The molecule has 1 N–H and O–H groups in total. The molecule has 0 bridgehead atoms. The zero-order valence-corrected chi connectivity index (χ0v) is 14.6. The van der Waals surface area contributed by atoms with Crippen LogP contribution in [0.2, 0.25) is 0 Å². The van der Waals surface area contributed by atoms with Crippen LogP contribution in [0.4, 0.5) is 5.82 Å². The van der Waals surface area contributed by atoms with E-state index in [1.165, 1.54) is 0 Å². The molecule has 120 valence electrons. The van der Waals surface area contributed by atoms with Gasteiger partial charge in [-0.1, -0.05) is 30.3 Å². The third-order valence-electron chi connectivity index (χ3n) is 3.92. The first-order valence-corrected chi connectivity index (χ1v) is 8.30. The van der Waals surface area contributed by atoms with Crippen molar-refractivity contribution in [3.05, 3.63) is 77.2 Å². The fraction of sp³-hybridized carbons (Fsp3) is 0.118. The molecule has 3 aromatic heterocycles. The molecule has 4 aromatic rings. The molecule has 3 heterocycles. The van der Waals surface area contributed by atoms with Crippen molar-refractivity contribution in [3.63, 3.8) is 0 Å². The lowest BCUT2D eigenvalue weighted by Gasteiger charge is -2.20. The van der Waals surface area contributed by atoms with Crippen LogP contribution in [-0.2, 0) is 7.05 Å². The molecule has 0 aliphatic carbocycles. The summed E-state index contributed by atoms with van der Waals surface area (Å²) in [5.41, 5.74) is 2.01. The standard InChI is InChI=1S/C17H15BrN6/c1-23-9-7-20-17(23)14(12-5-3-2-4-6-12)22-16-15-13(18)11-21-24(15)10-8-19-16/h2-11,14H,1H3,(H,19,22). The Balaban J connectivity index is 1.83. The van der Waals surface area contributed by atoms with E-state index in [1.807, 2.05) is 42.2 Å². The zero-order valence-electron chi connectivity index (χ0n) is 13.0. The Morgan fingerprint density at radius 3 is 2.62 bits per heavy atom. The van der Waals surface area contributed by atoms with Crippen LogP contribution in [-0.4, -0.2) is 24.1 Å². The molecule has 0 spiro atoms. The summed E-state index contributed by atoms with van der Waals surface area (Å²) in [6.07, 6.45) is 9.06. The molecule has 4 rings (SSSR count). The molecule has 6 nitrogen and oxygen atoms in total. The van der Waals surface area contributed by atoms with Crippen molar-refractivity contribution < 1.29 is 0 Å². The van der Waals surface area contributed by atoms with Crippen molar-refractivity contribution in [1.29, 1.82) is 0 Å². The average molecular weight is 383 g/mol. The Bertz CT molecular complexity index is 975. The van der Waals surface area contributed by atoms with Crippen molar-refractivity contribution in [2.24, 2.45) is 7.05 Å². The van der Waals surface area contributed by atoms with Crippen LogP contribution in [0.1, 0.15) is 17.4 Å². The highest BCUT2D eigenvalue weighted by molar-refractivity contribution is 9.10. The quantitative estimate of drug-likeness (QED) is 0.587. The number of imidazole rings is 1. The van der Waals surface area contributed by atoms with Crippen LogP contribution >= 0.6 is 15.9 Å². The van der Waals surface area contributed by atoms with E-state index in [4.69, 9.17) is 0 Å². The van der Waals surface area contributed by atoms with E-state index in [2.05, 4.69) is 48.4 Å². The predicted octanol–water partition coefficient (Wildman–Crippen LogP) is 3.43. The Hall–Kier alpha value is -2.67. The van der Waals surface area contributed by atoms with Gasteiger partial charge in [-0.05, 0) is 21.5 Å². The minimum atomic E-state index is -0.119. The number of aromatic nitrogens is 5. The maximum atomic E-state index is 4.52. The Labute approximate surface area is 147 Å². The average Bonchev–Trinajstić information content (AvgIpc) is 3.20. The van der Waals surface area contributed by atoms with Gasteiger partial charge in [0.15, 0.2) is 5.82 Å². The Morgan fingerprint density at radius 1 is 1.08 bits per heavy atom. The van der Waals surface area contributed by atoms with E-state index in [1.54, 1.807) is 23.1 Å². The van der Waals surface area contributed by atoms with Crippen LogP contribution in [0, 0.1) is 0 Å². The third kappa shape index (κ3) is 2.56. The first-order valence-electron chi connectivity index (χ1n) is 7.50. The molecule has 7 heteroatoms. The molecule has 0 saturated carbocycles. The van der Waals surface area contributed by atoms with Gasteiger partial charge in [0.25, 0.3) is 0 Å². The third-order valence-corrected chi connectivity index (χ3v) is 4.50. The van der Waals surface area contributed by atoms with Crippen LogP contribution < -0.4 is 5.32 Å². The maximum absolute atomic E-state index is 4.52. The molecule has 0 aliphatic heterocycles. The second kappa shape index (κ2) is 6.09. The molecule has 0 saturated heterocycles. The lowest BCUT2D eigenvalue weighted by Crippen LogP contribution is -2.18. The lowest BCUT2D eigenvalue weighted by atomic mass is 10.1. The largest absolute Gasteiger partial charge is 0.354 e. The first-order chi connectivity index (χ1) is 11.7. The minimum Gasteiger partial charge on any atom is -0.354 e. The molecule has 0 radical (unpaired) electrons. The zero-order chi connectivity index (χ0) is 16.5. The first kappa shape index (κ1) is 14.9. The van der Waals surface area contributed by atoms with Crippen LogP contribution in [0.15, 0.2) is 65.8 Å². The molecular weight excluding hydrogens is 368 g/mol. The van der Waals surface area contributed by atoms with Gasteiger partial charge in [0, 0.05) is 31.8 Å². The van der Waals surface area contributed by atoms with Gasteiger partial charge >= 0.3 is 0 Å². The number of rotatable bonds is 4. The van der Waals surface area contributed by atoms with Gasteiger partial charge in [-0.2, -0.15) is 5.10 Å². The topological polar surface area (TPSA) is 60.0 Å². The highest BCUT2D eigenvalue weighted by Crippen LogP contribution is 2.29. The van der Waals surface area contributed by atoms with Crippen molar-refractivity contribution in [2.45, 2.75) is 6.04 Å². The summed E-state index contributed by atoms with van der Waals surface area (Å²) < 4.78 is 4.70. The number of hydrogen-bond acceptors (Lipinski definition) is 4. The summed E-state index contributed by atoms with van der Waals surface area (Å²) in [7, 11) is 1.99. The SMILES string of the molecule is Cn1ccnc1C(Nc1nccn2ncc(Br)c12)c1ccccc1. The van der Waals surface area contributed by atoms with Gasteiger partial charge in [0.05, 0.1) is 10.7 Å². The second-order valence-electron chi connectivity index (χ2n) is 5.45. The van der Waals surface area contributed by atoms with Gasteiger partial charge in [0.2, 0.25) is 0 Å². The van der Waals surface area contributed by atoms with E-state index < -0.39 is 0 Å². The highest BCUT2D eigenvalue weighted by atomic mass is 79.9. The van der Waals surface area contributed by atoms with Crippen molar-refractivity contribution >= 4 is 27.3 Å². The van der Waals surface area contributed by atoms with E-state index in [9.17, 15) is 0 Å². The number of nitrogens with one attached hydrogen (secondary N) is 1. The summed E-state index contributed by atoms with van der Waals surface area (Å²) >= 11 is 3.54. The molecule has 1 atom stereocenters. The molecule has 0 aliphatic rings. The summed E-state index contributed by atoms with van der Waals surface area (Å²) in [5.74, 6) is 1.67. The van der Waals surface area contributed by atoms with Gasteiger partial charge in [-0.25, -0.2) is 14.5 Å². The van der Waals surface area contributed by atoms with E-state index in [0.717, 1.165) is 27.2 Å². The molecule has 24 heavy (non-hydrogen) atoms. The molecule has 0 amide bonds. The fourth-order valence-electron chi connectivity index (χ4n) is 2.75. The van der Waals surface area contributed by atoms with Gasteiger partial charge in [0.1, 0.15) is 17.4 Å². The van der Waals surface area contributed by atoms with Crippen molar-refractivity contribution in [2.75, 3.05) is 5.32 Å². The van der Waals surface area contributed by atoms with Gasteiger partial charge in [-0.3, -0.25) is 0 Å². The van der Waals surface area contributed by atoms with E-state index in [-0.39, 0.29) is 6.04 Å². The Kier molecular flexibility index (Phi) is 3.78. The smallest absolute Gasteiger partial charge is 0.154 e. The monoisotopic (exact) mass is 382 g/mol. The number of benzene rings is 1. The number of nitrogens with zero attached hydrogens (tertiary/aromatic N) is 5. The Morgan fingerprint density at radius 2 is 1.88 bits per heavy atom. The molecule has 1 unspecified atom stereocenters. The summed E-state index contributed by atoms with van der Waals surface area (Å²) in [5, 5.41) is 7.83. The molecule has 1 aromatic carbocycles. The van der Waals surface area contributed by atoms with Crippen molar-refractivity contribution in [3.8, 4) is 0 Å². The molecular formula is C17H15BrN6. The maximum Gasteiger partial charge on any atom is 0.154 e. The van der Waals surface area contributed by atoms with Crippen LogP contribution in [0.3, 0.4) is 0 Å². The molecule has 0 fully saturated rings. The highest BCUT2D eigenvalue weighted by Gasteiger charge is 2.20. The van der Waals surface area contributed by atoms with E-state index >= 15 is 0 Å². The normalized spacial score (nSPS) is 12.4. The fourth-order valence-corrected chi connectivity index (χ4v) is 3.21. The summed E-state index contributed by atoms with van der Waals surface area (Å²) in [6.45, 7) is 0. The second-order valence-corrected chi connectivity index (χ2v) is 6.30. The number of halogens is 1. The number of anilines is 1. The summed E-state index contributed by atoms with van der Waals surface area (Å²) in [6, 6.07) is 10.1. The van der Waals surface area contributed by atoms with Crippen LogP contribution in [0.25, 0.3) is 5.52 Å². The number of aryl methyl sites for hydroxylation is 1. The van der Waals surface area contributed by atoms with Gasteiger partial charge < -0.3 is 9.88 Å². The van der Waals surface area contributed by atoms with E-state index in [0.29, 0.717) is 0 Å². The predicted molar refractivity (Wildman–Crippen MR) is 95.8 cm³/mol. The summed E-state index contributed by atoms with van der Waals surface area (Å²) in [4.78, 5) is 9.02. The lowest BCUT2D eigenvalue weighted by molar-refractivity contribution is 0.745.